The van der Waals surface area contributed by atoms with Crippen molar-refractivity contribution in [2.75, 3.05) is 19.8 Å². The topological polar surface area (TPSA) is 123 Å². The van der Waals surface area contributed by atoms with E-state index >= 15 is 0 Å². The second-order valence-electron chi connectivity index (χ2n) is 4.79. The minimum absolute atomic E-state index is 0.0664. The van der Waals surface area contributed by atoms with Crippen LogP contribution in [-0.2, 0) is 28.6 Å². The van der Waals surface area contributed by atoms with Crippen LogP contribution in [0, 0.1) is 0 Å². The van der Waals surface area contributed by atoms with Gasteiger partial charge in [-0.05, 0) is 6.92 Å². The fourth-order valence-electron chi connectivity index (χ4n) is 1.70. The van der Waals surface area contributed by atoms with Gasteiger partial charge < -0.3 is 24.4 Å². The molecule has 0 saturated carbocycles. The highest BCUT2D eigenvalue weighted by molar-refractivity contribution is 5.87. The monoisotopic (exact) mass is 302 g/mol. The molecule has 0 aliphatic carbocycles. The molecule has 0 spiro atoms. The van der Waals surface area contributed by atoms with Crippen LogP contribution in [0.15, 0.2) is 12.2 Å². The summed E-state index contributed by atoms with van der Waals surface area (Å²) in [5, 5.41) is 18.1. The van der Waals surface area contributed by atoms with Crippen molar-refractivity contribution in [2.24, 2.45) is 0 Å². The highest BCUT2D eigenvalue weighted by Crippen LogP contribution is 2.29. The summed E-state index contributed by atoms with van der Waals surface area (Å²) in [6.07, 6.45) is -1.09. The van der Waals surface area contributed by atoms with Crippen molar-refractivity contribution in [1.29, 1.82) is 0 Å². The number of epoxide rings is 1. The molecule has 1 aliphatic heterocycles. The molecule has 1 aliphatic rings. The predicted molar refractivity (Wildman–Crippen MR) is 68.7 cm³/mol. The Bertz CT molecular complexity index is 439. The van der Waals surface area contributed by atoms with Gasteiger partial charge in [-0.2, -0.15) is 0 Å². The lowest BCUT2D eigenvalue weighted by Gasteiger charge is -2.27. The third kappa shape index (κ3) is 5.52. The molecule has 0 aromatic heterocycles. The van der Waals surface area contributed by atoms with E-state index in [1.165, 1.54) is 6.92 Å². The molecule has 1 heterocycles. The predicted octanol–water partition coefficient (Wildman–Crippen LogP) is 0.209. The van der Waals surface area contributed by atoms with Crippen LogP contribution >= 0.6 is 0 Å². The van der Waals surface area contributed by atoms with Gasteiger partial charge in [0.2, 0.25) is 0 Å². The van der Waals surface area contributed by atoms with Crippen molar-refractivity contribution in [1.82, 2.24) is 0 Å². The molecule has 118 valence electrons. The van der Waals surface area contributed by atoms with Gasteiger partial charge in [-0.3, -0.25) is 4.79 Å². The minimum atomic E-state index is -1.89. The summed E-state index contributed by atoms with van der Waals surface area (Å²) in [7, 11) is 0. The molecule has 8 heteroatoms. The lowest BCUT2D eigenvalue weighted by atomic mass is 9.93. The lowest BCUT2D eigenvalue weighted by molar-refractivity contribution is -0.177. The van der Waals surface area contributed by atoms with E-state index in [-0.39, 0.29) is 31.3 Å². The number of hydrogen-bond acceptors (Lipinski definition) is 6. The smallest absolute Gasteiger partial charge is 0.336 e. The van der Waals surface area contributed by atoms with Crippen LogP contribution in [0.5, 0.6) is 0 Å². The van der Waals surface area contributed by atoms with Gasteiger partial charge in [0.1, 0.15) is 6.61 Å². The molecule has 2 N–H and O–H groups in total. The second-order valence-corrected chi connectivity index (χ2v) is 4.79. The van der Waals surface area contributed by atoms with Gasteiger partial charge in [0.05, 0.1) is 25.7 Å². The first kappa shape index (κ1) is 17.1. The van der Waals surface area contributed by atoms with Crippen LogP contribution in [0.1, 0.15) is 19.8 Å². The van der Waals surface area contributed by atoms with E-state index in [1.807, 2.05) is 0 Å². The highest BCUT2D eigenvalue weighted by Gasteiger charge is 2.47. The summed E-state index contributed by atoms with van der Waals surface area (Å²) in [6, 6.07) is 0. The Kier molecular flexibility index (Phi) is 5.86. The molecule has 0 aromatic rings. The molecule has 1 fully saturated rings. The maximum atomic E-state index is 11.4. The van der Waals surface area contributed by atoms with E-state index in [9.17, 15) is 19.5 Å². The Morgan fingerprint density at radius 2 is 1.95 bits per heavy atom. The van der Waals surface area contributed by atoms with Crippen LogP contribution in [0.4, 0.5) is 0 Å². The molecule has 2 atom stereocenters. The number of rotatable bonds is 10. The zero-order valence-corrected chi connectivity index (χ0v) is 11.7. The molecular weight excluding hydrogens is 284 g/mol. The van der Waals surface area contributed by atoms with Crippen molar-refractivity contribution in [3.05, 3.63) is 12.2 Å². The number of carbonyl (C=O) groups is 3. The third-order valence-electron chi connectivity index (χ3n) is 2.83. The van der Waals surface area contributed by atoms with Gasteiger partial charge >= 0.3 is 17.9 Å². The normalized spacial score (nSPS) is 19.4. The van der Waals surface area contributed by atoms with Crippen molar-refractivity contribution in [2.45, 2.75) is 31.5 Å². The largest absolute Gasteiger partial charge is 0.481 e. The molecule has 0 amide bonds. The number of hydrogen-bond donors (Lipinski definition) is 2. The molecule has 0 radical (unpaired) electrons. The van der Waals surface area contributed by atoms with Crippen molar-refractivity contribution in [3.8, 4) is 0 Å². The van der Waals surface area contributed by atoms with E-state index in [0.717, 1.165) is 0 Å². The van der Waals surface area contributed by atoms with E-state index < -0.39 is 29.9 Å². The number of aliphatic carboxylic acids is 2. The first-order chi connectivity index (χ1) is 9.77. The zero-order valence-electron chi connectivity index (χ0n) is 11.7. The Hall–Kier alpha value is -1.93. The molecule has 2 unspecified atom stereocenters. The Balaban J connectivity index is 2.58. The van der Waals surface area contributed by atoms with Crippen molar-refractivity contribution >= 4 is 17.9 Å². The average molecular weight is 302 g/mol. The Labute approximate surface area is 121 Å². The summed E-state index contributed by atoms with van der Waals surface area (Å²) >= 11 is 0. The van der Waals surface area contributed by atoms with Crippen molar-refractivity contribution < 1.29 is 38.8 Å². The second kappa shape index (κ2) is 7.19. The molecule has 21 heavy (non-hydrogen) atoms. The number of ether oxygens (including phenoxy) is 3. The van der Waals surface area contributed by atoms with Gasteiger partial charge in [-0.1, -0.05) is 6.58 Å². The molecular formula is C13H18O8. The van der Waals surface area contributed by atoms with Crippen molar-refractivity contribution in [3.63, 3.8) is 0 Å². The SMILES string of the molecule is C=C(C)C(=O)OCCOC(CC(=O)O)(CC1CO1)C(=O)O. The maximum absolute atomic E-state index is 11.4. The minimum Gasteiger partial charge on any atom is -0.481 e. The van der Waals surface area contributed by atoms with E-state index in [2.05, 4.69) is 6.58 Å². The summed E-state index contributed by atoms with van der Waals surface area (Å²) in [5.41, 5.74) is -1.68. The van der Waals surface area contributed by atoms with E-state index in [4.69, 9.17) is 19.3 Å². The van der Waals surface area contributed by atoms with E-state index in [1.54, 1.807) is 0 Å². The molecule has 8 nitrogen and oxygen atoms in total. The molecule has 0 bridgehead atoms. The fourth-order valence-corrected chi connectivity index (χ4v) is 1.70. The zero-order chi connectivity index (χ0) is 16.0. The van der Waals surface area contributed by atoms with Gasteiger partial charge in [-0.25, -0.2) is 9.59 Å². The lowest BCUT2D eigenvalue weighted by Crippen LogP contribution is -2.45. The maximum Gasteiger partial charge on any atom is 0.336 e. The van der Waals surface area contributed by atoms with Gasteiger partial charge in [-0.15, -0.1) is 0 Å². The fraction of sp³-hybridized carbons (Fsp3) is 0.615. The first-order valence-corrected chi connectivity index (χ1v) is 6.30. The summed E-state index contributed by atoms with van der Waals surface area (Å²) in [4.78, 5) is 33.4. The van der Waals surface area contributed by atoms with Gasteiger partial charge in [0.15, 0.2) is 5.60 Å². The average Bonchev–Trinajstić information content (AvgIpc) is 3.16. The van der Waals surface area contributed by atoms with E-state index in [0.29, 0.717) is 6.61 Å². The van der Waals surface area contributed by atoms with Gasteiger partial charge in [0.25, 0.3) is 0 Å². The van der Waals surface area contributed by atoms with Crippen LogP contribution in [0.2, 0.25) is 0 Å². The summed E-state index contributed by atoms with van der Waals surface area (Å²) < 4.78 is 14.9. The van der Waals surface area contributed by atoms with Crippen LogP contribution in [0.25, 0.3) is 0 Å². The third-order valence-corrected chi connectivity index (χ3v) is 2.83. The number of carbonyl (C=O) groups excluding carboxylic acids is 1. The molecule has 0 aromatic carbocycles. The first-order valence-electron chi connectivity index (χ1n) is 6.30. The molecule has 1 saturated heterocycles. The van der Waals surface area contributed by atoms with Gasteiger partial charge in [0, 0.05) is 12.0 Å². The quantitative estimate of drug-likeness (QED) is 0.254. The Morgan fingerprint density at radius 1 is 1.33 bits per heavy atom. The molecule has 1 rings (SSSR count). The van der Waals surface area contributed by atoms with Crippen LogP contribution in [-0.4, -0.2) is 59.6 Å². The Morgan fingerprint density at radius 3 is 2.38 bits per heavy atom. The van der Waals surface area contributed by atoms with Crippen LogP contribution < -0.4 is 0 Å². The number of esters is 1. The number of carboxylic acid groups (broad SMARTS) is 2. The standard InChI is InChI=1S/C13H18O8/c1-8(2)11(16)19-3-4-21-13(12(17)18,6-10(14)15)5-9-7-20-9/h9H,1,3-7H2,2H3,(H,14,15)(H,17,18). The summed E-state index contributed by atoms with van der Waals surface area (Å²) in [6.45, 7) is 4.82. The highest BCUT2D eigenvalue weighted by atomic mass is 16.6. The summed E-state index contributed by atoms with van der Waals surface area (Å²) in [5.74, 6) is -3.30. The van der Waals surface area contributed by atoms with Crippen LogP contribution in [0.3, 0.4) is 0 Å². The number of carboxylic acids is 2.